The van der Waals surface area contributed by atoms with E-state index in [1.54, 1.807) is 12.1 Å². The predicted molar refractivity (Wildman–Crippen MR) is 78.5 cm³/mol. The molecular formula is C15H21NO3S. The third kappa shape index (κ3) is 3.82. The van der Waals surface area contributed by atoms with E-state index in [4.69, 9.17) is 0 Å². The zero-order valence-corrected chi connectivity index (χ0v) is 12.7. The predicted octanol–water partition coefficient (Wildman–Crippen LogP) is 2.50. The van der Waals surface area contributed by atoms with Gasteiger partial charge in [-0.3, -0.25) is 4.79 Å². The van der Waals surface area contributed by atoms with Crippen LogP contribution in [-0.2, 0) is 9.84 Å². The fourth-order valence-corrected chi connectivity index (χ4v) is 3.16. The summed E-state index contributed by atoms with van der Waals surface area (Å²) in [4.78, 5) is 14.5. The van der Waals surface area contributed by atoms with Gasteiger partial charge in [-0.05, 0) is 31.0 Å². The topological polar surface area (TPSA) is 54.5 Å². The highest BCUT2D eigenvalue weighted by atomic mass is 32.2. The number of carbonyl (C=O) groups is 1. The van der Waals surface area contributed by atoms with Gasteiger partial charge in [0.2, 0.25) is 0 Å². The molecule has 1 saturated heterocycles. The van der Waals surface area contributed by atoms with E-state index >= 15 is 0 Å². The Bertz CT molecular complexity index is 573. The summed E-state index contributed by atoms with van der Waals surface area (Å²) in [6, 6.07) is 6.33. The van der Waals surface area contributed by atoms with Crippen LogP contribution in [0, 0.1) is 0 Å². The second kappa shape index (κ2) is 6.39. The van der Waals surface area contributed by atoms with Gasteiger partial charge in [-0.15, -0.1) is 0 Å². The molecule has 1 aromatic rings. The molecule has 0 aliphatic carbocycles. The van der Waals surface area contributed by atoms with E-state index in [2.05, 4.69) is 0 Å². The lowest BCUT2D eigenvalue weighted by Gasteiger charge is -2.25. The Balaban J connectivity index is 2.19. The summed E-state index contributed by atoms with van der Waals surface area (Å²) in [6.07, 6.45) is 6.77. The standard InChI is InChI=1S/C15H21NO3S/c1-20(18,19)14-9-7-8-13(12-14)15(17)16-10-5-3-2-4-6-11-16/h7-9,12H,2-6,10-11H2,1H3. The van der Waals surface area contributed by atoms with E-state index in [0.29, 0.717) is 5.56 Å². The maximum atomic E-state index is 12.5. The lowest BCUT2D eigenvalue weighted by molar-refractivity contribution is 0.0742. The molecule has 5 heteroatoms. The summed E-state index contributed by atoms with van der Waals surface area (Å²) in [6.45, 7) is 1.53. The zero-order valence-electron chi connectivity index (χ0n) is 11.8. The molecular weight excluding hydrogens is 274 g/mol. The Kier molecular flexibility index (Phi) is 4.81. The molecule has 1 aromatic carbocycles. The molecule has 1 fully saturated rings. The number of benzene rings is 1. The Hall–Kier alpha value is -1.36. The van der Waals surface area contributed by atoms with E-state index < -0.39 is 9.84 Å². The van der Waals surface area contributed by atoms with Crippen LogP contribution in [0.1, 0.15) is 42.5 Å². The largest absolute Gasteiger partial charge is 0.339 e. The number of hydrogen-bond donors (Lipinski definition) is 0. The van der Waals surface area contributed by atoms with Crippen molar-refractivity contribution in [1.82, 2.24) is 4.90 Å². The van der Waals surface area contributed by atoms with Gasteiger partial charge in [-0.2, -0.15) is 0 Å². The first-order valence-electron chi connectivity index (χ1n) is 7.08. The normalized spacial score (nSPS) is 17.4. The fourth-order valence-electron chi connectivity index (χ4n) is 2.49. The van der Waals surface area contributed by atoms with Gasteiger partial charge in [-0.25, -0.2) is 8.42 Å². The Morgan fingerprint density at radius 2 is 1.65 bits per heavy atom. The number of carbonyl (C=O) groups excluding carboxylic acids is 1. The van der Waals surface area contributed by atoms with Crippen molar-refractivity contribution in [3.63, 3.8) is 0 Å². The average Bonchev–Trinajstić information content (AvgIpc) is 2.37. The molecule has 0 unspecified atom stereocenters. The summed E-state index contributed by atoms with van der Waals surface area (Å²) < 4.78 is 23.1. The molecule has 0 aromatic heterocycles. The summed E-state index contributed by atoms with van der Waals surface area (Å²) in [5, 5.41) is 0. The maximum Gasteiger partial charge on any atom is 0.253 e. The van der Waals surface area contributed by atoms with Crippen molar-refractivity contribution in [2.75, 3.05) is 19.3 Å². The van der Waals surface area contributed by atoms with Crippen LogP contribution in [0.15, 0.2) is 29.2 Å². The summed E-state index contributed by atoms with van der Waals surface area (Å²) in [7, 11) is -3.27. The van der Waals surface area contributed by atoms with Crippen LogP contribution in [0.2, 0.25) is 0 Å². The molecule has 1 aliphatic rings. The fraction of sp³-hybridized carbons (Fsp3) is 0.533. The molecule has 20 heavy (non-hydrogen) atoms. The average molecular weight is 295 g/mol. The molecule has 0 atom stereocenters. The minimum absolute atomic E-state index is 0.0580. The monoisotopic (exact) mass is 295 g/mol. The number of likely N-dealkylation sites (tertiary alicyclic amines) is 1. The van der Waals surface area contributed by atoms with E-state index in [1.807, 2.05) is 4.90 Å². The van der Waals surface area contributed by atoms with Crippen LogP contribution >= 0.6 is 0 Å². The molecule has 110 valence electrons. The highest BCUT2D eigenvalue weighted by Gasteiger charge is 2.18. The quantitative estimate of drug-likeness (QED) is 0.842. The van der Waals surface area contributed by atoms with Crippen LogP contribution in [0.3, 0.4) is 0 Å². The van der Waals surface area contributed by atoms with Crippen LogP contribution in [0.25, 0.3) is 0 Å². The van der Waals surface area contributed by atoms with Crippen LogP contribution in [0.5, 0.6) is 0 Å². The second-order valence-corrected chi connectivity index (χ2v) is 7.38. The Morgan fingerprint density at radius 1 is 1.05 bits per heavy atom. The number of hydrogen-bond acceptors (Lipinski definition) is 3. The van der Waals surface area contributed by atoms with Crippen LogP contribution in [0.4, 0.5) is 0 Å². The number of nitrogens with zero attached hydrogens (tertiary/aromatic N) is 1. The molecule has 1 aliphatic heterocycles. The van der Waals surface area contributed by atoms with E-state index in [-0.39, 0.29) is 10.8 Å². The molecule has 1 heterocycles. The molecule has 0 N–H and O–H groups in total. The van der Waals surface area contributed by atoms with Crippen molar-refractivity contribution in [2.45, 2.75) is 37.0 Å². The first-order chi connectivity index (χ1) is 9.48. The lowest BCUT2D eigenvalue weighted by Crippen LogP contribution is -2.33. The Morgan fingerprint density at radius 3 is 2.25 bits per heavy atom. The van der Waals surface area contributed by atoms with Gasteiger partial charge in [-0.1, -0.05) is 25.3 Å². The van der Waals surface area contributed by atoms with Gasteiger partial charge in [0.25, 0.3) is 5.91 Å². The third-order valence-electron chi connectivity index (χ3n) is 3.65. The molecule has 2 rings (SSSR count). The first kappa shape index (κ1) is 15.0. The van der Waals surface area contributed by atoms with Crippen molar-refractivity contribution in [1.29, 1.82) is 0 Å². The van der Waals surface area contributed by atoms with Gasteiger partial charge in [0.05, 0.1) is 4.90 Å². The van der Waals surface area contributed by atoms with E-state index in [1.165, 1.54) is 18.6 Å². The van der Waals surface area contributed by atoms with Crippen LogP contribution in [-0.4, -0.2) is 38.6 Å². The van der Waals surface area contributed by atoms with Crippen molar-refractivity contribution in [2.24, 2.45) is 0 Å². The number of amides is 1. The molecule has 0 bridgehead atoms. The van der Waals surface area contributed by atoms with Crippen molar-refractivity contribution in [3.05, 3.63) is 29.8 Å². The number of rotatable bonds is 2. The highest BCUT2D eigenvalue weighted by Crippen LogP contribution is 2.16. The summed E-state index contributed by atoms with van der Waals surface area (Å²) in [5.74, 6) is -0.0580. The van der Waals surface area contributed by atoms with Gasteiger partial charge in [0.1, 0.15) is 0 Å². The van der Waals surface area contributed by atoms with E-state index in [0.717, 1.165) is 45.0 Å². The minimum atomic E-state index is -3.27. The zero-order chi connectivity index (χ0) is 14.6. The van der Waals surface area contributed by atoms with Crippen LogP contribution < -0.4 is 0 Å². The SMILES string of the molecule is CS(=O)(=O)c1cccc(C(=O)N2CCCCCCC2)c1. The molecule has 0 radical (unpaired) electrons. The molecule has 4 nitrogen and oxygen atoms in total. The second-order valence-electron chi connectivity index (χ2n) is 5.36. The minimum Gasteiger partial charge on any atom is -0.339 e. The van der Waals surface area contributed by atoms with Gasteiger partial charge in [0, 0.05) is 24.9 Å². The van der Waals surface area contributed by atoms with Crippen molar-refractivity contribution in [3.8, 4) is 0 Å². The number of sulfone groups is 1. The first-order valence-corrected chi connectivity index (χ1v) is 8.97. The Labute approximate surface area is 120 Å². The van der Waals surface area contributed by atoms with Gasteiger partial charge in [0.15, 0.2) is 9.84 Å². The highest BCUT2D eigenvalue weighted by molar-refractivity contribution is 7.90. The molecule has 1 amide bonds. The van der Waals surface area contributed by atoms with E-state index in [9.17, 15) is 13.2 Å². The smallest absolute Gasteiger partial charge is 0.253 e. The molecule has 0 spiro atoms. The molecule has 0 saturated carbocycles. The summed E-state index contributed by atoms with van der Waals surface area (Å²) in [5.41, 5.74) is 0.466. The third-order valence-corrected chi connectivity index (χ3v) is 4.76. The summed E-state index contributed by atoms with van der Waals surface area (Å²) >= 11 is 0. The van der Waals surface area contributed by atoms with Gasteiger partial charge < -0.3 is 4.90 Å². The maximum absolute atomic E-state index is 12.5. The van der Waals surface area contributed by atoms with Crippen molar-refractivity contribution >= 4 is 15.7 Å². The van der Waals surface area contributed by atoms with Gasteiger partial charge >= 0.3 is 0 Å². The lowest BCUT2D eigenvalue weighted by atomic mass is 10.1. The van der Waals surface area contributed by atoms with Crippen molar-refractivity contribution < 1.29 is 13.2 Å².